The highest BCUT2D eigenvalue weighted by Crippen LogP contribution is 2.24. The molecule has 0 aromatic rings. The summed E-state index contributed by atoms with van der Waals surface area (Å²) in [5, 5.41) is 5.41. The van der Waals surface area contributed by atoms with E-state index in [-0.39, 0.29) is 0 Å². The first-order chi connectivity index (χ1) is 7.13. The van der Waals surface area contributed by atoms with Gasteiger partial charge in [0.2, 0.25) is 0 Å². The van der Waals surface area contributed by atoms with Gasteiger partial charge in [0.15, 0.2) is 5.11 Å². The number of hydrogen-bond donors (Lipinski definition) is 1. The van der Waals surface area contributed by atoms with Crippen molar-refractivity contribution in [3.05, 3.63) is 0 Å². The fraction of sp³-hybridized carbons (Fsp3) is 0.900. The number of rotatable bonds is 3. The summed E-state index contributed by atoms with van der Waals surface area (Å²) >= 11 is 7.38. The van der Waals surface area contributed by atoms with Gasteiger partial charge in [0.05, 0.1) is 6.61 Å². The summed E-state index contributed by atoms with van der Waals surface area (Å²) in [6.45, 7) is 8.10. The third-order valence-electron chi connectivity index (χ3n) is 2.29. The summed E-state index contributed by atoms with van der Waals surface area (Å²) in [6.07, 6.45) is 0. The summed E-state index contributed by atoms with van der Waals surface area (Å²) in [5.74, 6) is 0. The molecule has 15 heavy (non-hydrogen) atoms. The van der Waals surface area contributed by atoms with E-state index >= 15 is 0 Å². The van der Waals surface area contributed by atoms with E-state index < -0.39 is 0 Å². The second-order valence-electron chi connectivity index (χ2n) is 3.89. The standard InChI is InChI=1S/C10H20N2OS2/c1-8-6-12(7-9(2)15-8)10(14)11-4-5-13-3/h8-9H,4-7H2,1-3H3,(H,11,14). The van der Waals surface area contributed by atoms with Crippen molar-refractivity contribution < 1.29 is 4.74 Å². The zero-order chi connectivity index (χ0) is 11.3. The molecule has 0 saturated carbocycles. The van der Waals surface area contributed by atoms with E-state index in [0.29, 0.717) is 17.1 Å². The van der Waals surface area contributed by atoms with Crippen LogP contribution in [0.4, 0.5) is 0 Å². The predicted molar refractivity (Wildman–Crippen MR) is 70.6 cm³/mol. The van der Waals surface area contributed by atoms with E-state index in [1.807, 2.05) is 11.8 Å². The Morgan fingerprint density at radius 3 is 2.60 bits per heavy atom. The zero-order valence-electron chi connectivity index (χ0n) is 9.66. The van der Waals surface area contributed by atoms with E-state index in [9.17, 15) is 0 Å². The Kier molecular flexibility index (Phi) is 5.71. The summed E-state index contributed by atoms with van der Waals surface area (Å²) in [5.41, 5.74) is 0. The van der Waals surface area contributed by atoms with Gasteiger partial charge in [0.25, 0.3) is 0 Å². The lowest BCUT2D eigenvalue weighted by atomic mass is 10.3. The summed E-state index contributed by atoms with van der Waals surface area (Å²) in [4.78, 5) is 2.26. The van der Waals surface area contributed by atoms with Crippen LogP contribution in [0.15, 0.2) is 0 Å². The molecule has 0 radical (unpaired) electrons. The lowest BCUT2D eigenvalue weighted by molar-refractivity contribution is 0.203. The molecule has 2 unspecified atom stereocenters. The van der Waals surface area contributed by atoms with E-state index in [1.54, 1.807) is 7.11 Å². The highest BCUT2D eigenvalue weighted by Gasteiger charge is 2.23. The van der Waals surface area contributed by atoms with Crippen molar-refractivity contribution in [3.8, 4) is 0 Å². The normalized spacial score (nSPS) is 26.5. The first-order valence-electron chi connectivity index (χ1n) is 5.30. The molecule has 1 aliphatic heterocycles. The molecule has 1 fully saturated rings. The molecule has 2 atom stereocenters. The number of methoxy groups -OCH3 is 1. The Bertz CT molecular complexity index is 204. The molecule has 1 rings (SSSR count). The van der Waals surface area contributed by atoms with Crippen LogP contribution < -0.4 is 5.32 Å². The lowest BCUT2D eigenvalue weighted by Crippen LogP contribution is -2.48. The fourth-order valence-corrected chi connectivity index (χ4v) is 3.29. The van der Waals surface area contributed by atoms with Gasteiger partial charge >= 0.3 is 0 Å². The predicted octanol–water partition coefficient (Wildman–Crippen LogP) is 1.33. The number of ether oxygens (including phenoxy) is 1. The van der Waals surface area contributed by atoms with Gasteiger partial charge in [-0.2, -0.15) is 11.8 Å². The lowest BCUT2D eigenvalue weighted by Gasteiger charge is -2.36. The quantitative estimate of drug-likeness (QED) is 0.600. The van der Waals surface area contributed by atoms with E-state index in [2.05, 4.69) is 24.1 Å². The van der Waals surface area contributed by atoms with Crippen molar-refractivity contribution in [3.63, 3.8) is 0 Å². The number of thiocarbonyl (C=S) groups is 1. The highest BCUT2D eigenvalue weighted by molar-refractivity contribution is 8.00. The Morgan fingerprint density at radius 1 is 1.47 bits per heavy atom. The Balaban J connectivity index is 2.31. The van der Waals surface area contributed by atoms with Crippen molar-refractivity contribution in [2.75, 3.05) is 33.4 Å². The highest BCUT2D eigenvalue weighted by atomic mass is 32.2. The maximum absolute atomic E-state index is 5.34. The second-order valence-corrected chi connectivity index (χ2v) is 6.16. The van der Waals surface area contributed by atoms with E-state index in [0.717, 1.165) is 24.7 Å². The minimum Gasteiger partial charge on any atom is -0.383 e. The second kappa shape index (κ2) is 6.55. The van der Waals surface area contributed by atoms with Crippen molar-refractivity contribution in [2.24, 2.45) is 0 Å². The SMILES string of the molecule is COCCNC(=S)N1CC(C)SC(C)C1. The smallest absolute Gasteiger partial charge is 0.169 e. The van der Waals surface area contributed by atoms with Gasteiger partial charge in [-0.1, -0.05) is 13.8 Å². The van der Waals surface area contributed by atoms with Crippen LogP contribution in [0.3, 0.4) is 0 Å². The van der Waals surface area contributed by atoms with Crippen LogP contribution in [-0.2, 0) is 4.74 Å². The van der Waals surface area contributed by atoms with Gasteiger partial charge in [-0.05, 0) is 12.2 Å². The Hall–Kier alpha value is 0. The number of nitrogens with zero attached hydrogens (tertiary/aromatic N) is 1. The average molecular weight is 248 g/mol. The molecule has 0 aliphatic carbocycles. The van der Waals surface area contributed by atoms with Crippen LogP contribution in [0.5, 0.6) is 0 Å². The molecular formula is C10H20N2OS2. The number of hydrogen-bond acceptors (Lipinski definition) is 3. The maximum Gasteiger partial charge on any atom is 0.169 e. The molecular weight excluding hydrogens is 228 g/mol. The molecule has 3 nitrogen and oxygen atoms in total. The molecule has 1 heterocycles. The van der Waals surface area contributed by atoms with Gasteiger partial charge in [0, 0.05) is 37.2 Å². The van der Waals surface area contributed by atoms with Gasteiger partial charge < -0.3 is 15.0 Å². The van der Waals surface area contributed by atoms with Gasteiger partial charge in [-0.15, -0.1) is 0 Å². The maximum atomic E-state index is 5.34. The van der Waals surface area contributed by atoms with Crippen molar-refractivity contribution in [2.45, 2.75) is 24.3 Å². The van der Waals surface area contributed by atoms with Crippen molar-refractivity contribution >= 4 is 29.1 Å². The number of nitrogens with one attached hydrogen (secondary N) is 1. The molecule has 88 valence electrons. The third kappa shape index (κ3) is 4.57. The van der Waals surface area contributed by atoms with Crippen LogP contribution in [0.25, 0.3) is 0 Å². The minimum atomic E-state index is 0.663. The van der Waals surface area contributed by atoms with Crippen LogP contribution in [0.1, 0.15) is 13.8 Å². The molecule has 0 aromatic carbocycles. The molecule has 1 saturated heterocycles. The topological polar surface area (TPSA) is 24.5 Å². The average Bonchev–Trinajstić information content (AvgIpc) is 2.16. The zero-order valence-corrected chi connectivity index (χ0v) is 11.3. The first-order valence-corrected chi connectivity index (χ1v) is 6.65. The van der Waals surface area contributed by atoms with Crippen LogP contribution in [0, 0.1) is 0 Å². The monoisotopic (exact) mass is 248 g/mol. The molecule has 0 bridgehead atoms. The summed E-state index contributed by atoms with van der Waals surface area (Å²) in [7, 11) is 1.70. The van der Waals surface area contributed by atoms with Gasteiger partial charge in [0.1, 0.15) is 0 Å². The summed E-state index contributed by atoms with van der Waals surface area (Å²) in [6, 6.07) is 0. The van der Waals surface area contributed by atoms with Crippen LogP contribution >= 0.6 is 24.0 Å². The molecule has 0 aromatic heterocycles. The molecule has 1 aliphatic rings. The molecule has 0 spiro atoms. The third-order valence-corrected chi connectivity index (χ3v) is 3.92. The molecule has 1 N–H and O–H groups in total. The first kappa shape index (κ1) is 13.1. The van der Waals surface area contributed by atoms with E-state index in [4.69, 9.17) is 17.0 Å². The van der Waals surface area contributed by atoms with Gasteiger partial charge in [-0.25, -0.2) is 0 Å². The Labute approximate surface area is 102 Å². The van der Waals surface area contributed by atoms with Crippen molar-refractivity contribution in [1.29, 1.82) is 0 Å². The van der Waals surface area contributed by atoms with E-state index in [1.165, 1.54) is 0 Å². The number of thioether (sulfide) groups is 1. The van der Waals surface area contributed by atoms with Crippen LogP contribution in [-0.4, -0.2) is 53.9 Å². The summed E-state index contributed by atoms with van der Waals surface area (Å²) < 4.78 is 4.98. The Morgan fingerprint density at radius 2 is 2.07 bits per heavy atom. The molecule has 5 heteroatoms. The van der Waals surface area contributed by atoms with Crippen molar-refractivity contribution in [1.82, 2.24) is 10.2 Å². The fourth-order valence-electron chi connectivity index (χ4n) is 1.72. The largest absolute Gasteiger partial charge is 0.383 e. The minimum absolute atomic E-state index is 0.663. The van der Waals surface area contributed by atoms with Gasteiger partial charge in [-0.3, -0.25) is 0 Å². The molecule has 0 amide bonds. The van der Waals surface area contributed by atoms with Crippen LogP contribution in [0.2, 0.25) is 0 Å².